The van der Waals surface area contributed by atoms with Crippen molar-refractivity contribution < 1.29 is 23.1 Å². The number of halogens is 2. The van der Waals surface area contributed by atoms with Gasteiger partial charge < -0.3 is 9.64 Å². The van der Waals surface area contributed by atoms with E-state index in [1.54, 1.807) is 24.1 Å². The molecule has 2 rings (SSSR count). The summed E-state index contributed by atoms with van der Waals surface area (Å²) in [6.07, 6.45) is 5.95. The van der Waals surface area contributed by atoms with Crippen LogP contribution in [0.25, 0.3) is 6.08 Å². The second-order valence-electron chi connectivity index (χ2n) is 5.32. The van der Waals surface area contributed by atoms with Gasteiger partial charge in [0.15, 0.2) is 6.04 Å². The largest absolute Gasteiger partial charge is 0.467 e. The topological polar surface area (TPSA) is 64.4 Å². The second kappa shape index (κ2) is 7.69. The van der Waals surface area contributed by atoms with Gasteiger partial charge in [0.25, 0.3) is 0 Å². The number of aryl methyl sites for hydroxylation is 1. The number of nitrogens with zero attached hydrogens (tertiary/aromatic N) is 3. The van der Waals surface area contributed by atoms with E-state index in [9.17, 15) is 18.4 Å². The molecule has 1 atom stereocenters. The van der Waals surface area contributed by atoms with Crippen LogP contribution < -0.4 is 0 Å². The second-order valence-corrected chi connectivity index (χ2v) is 5.32. The van der Waals surface area contributed by atoms with Crippen LogP contribution in [0, 0.1) is 11.6 Å². The first-order chi connectivity index (χ1) is 11.8. The molecule has 1 aromatic carbocycles. The first-order valence-corrected chi connectivity index (χ1v) is 7.29. The number of aromatic nitrogens is 2. The number of rotatable bonds is 5. The molecule has 0 bridgehead atoms. The van der Waals surface area contributed by atoms with Crippen LogP contribution in [0.2, 0.25) is 0 Å². The molecule has 0 saturated heterocycles. The van der Waals surface area contributed by atoms with Crippen molar-refractivity contribution in [2.45, 2.75) is 6.04 Å². The van der Waals surface area contributed by atoms with Crippen LogP contribution in [0.1, 0.15) is 17.2 Å². The van der Waals surface area contributed by atoms with E-state index in [2.05, 4.69) is 9.84 Å². The van der Waals surface area contributed by atoms with Crippen molar-refractivity contribution >= 4 is 18.0 Å². The van der Waals surface area contributed by atoms with Crippen LogP contribution >= 0.6 is 0 Å². The van der Waals surface area contributed by atoms with Gasteiger partial charge in [-0.2, -0.15) is 5.10 Å². The van der Waals surface area contributed by atoms with Gasteiger partial charge in [-0.05, 0) is 24.3 Å². The van der Waals surface area contributed by atoms with Gasteiger partial charge in [-0.15, -0.1) is 0 Å². The number of hydrogen-bond donors (Lipinski definition) is 0. The Morgan fingerprint density at radius 2 is 2.08 bits per heavy atom. The van der Waals surface area contributed by atoms with Crippen LogP contribution in [-0.2, 0) is 21.4 Å². The lowest BCUT2D eigenvalue weighted by Crippen LogP contribution is -2.36. The highest BCUT2D eigenvalue weighted by molar-refractivity contribution is 5.94. The summed E-state index contributed by atoms with van der Waals surface area (Å²) in [7, 11) is 4.14. The standard InChI is InChI=1S/C17H17F2N3O3/c1-21-10-11(9-20-21)4-7-15(23)22(2)16(17(24)25-3)13-8-12(18)5-6-14(13)19/h4-10,16H,1-3H3/b7-4+/t16-/m1/s1. The lowest BCUT2D eigenvalue weighted by molar-refractivity contribution is -0.150. The third-order valence-electron chi connectivity index (χ3n) is 3.56. The van der Waals surface area contributed by atoms with Crippen LogP contribution in [0.5, 0.6) is 0 Å². The maximum absolute atomic E-state index is 14.1. The Kier molecular flexibility index (Phi) is 5.63. The van der Waals surface area contributed by atoms with E-state index in [4.69, 9.17) is 0 Å². The number of benzene rings is 1. The number of ether oxygens (including phenoxy) is 1. The predicted molar refractivity (Wildman–Crippen MR) is 86.1 cm³/mol. The van der Waals surface area contributed by atoms with Crippen molar-refractivity contribution in [3.8, 4) is 0 Å². The number of amides is 1. The van der Waals surface area contributed by atoms with Crippen molar-refractivity contribution in [2.24, 2.45) is 7.05 Å². The van der Waals surface area contributed by atoms with Gasteiger partial charge in [-0.3, -0.25) is 9.48 Å². The fourth-order valence-electron chi connectivity index (χ4n) is 2.27. The lowest BCUT2D eigenvalue weighted by Gasteiger charge is -2.25. The van der Waals surface area contributed by atoms with Gasteiger partial charge in [0.05, 0.1) is 13.3 Å². The minimum Gasteiger partial charge on any atom is -0.467 e. The molecule has 0 aliphatic carbocycles. The highest BCUT2D eigenvalue weighted by atomic mass is 19.1. The van der Waals surface area contributed by atoms with E-state index in [0.717, 1.165) is 30.2 Å². The molecule has 6 nitrogen and oxygen atoms in total. The summed E-state index contributed by atoms with van der Waals surface area (Å²) in [5.41, 5.74) is 0.397. The summed E-state index contributed by atoms with van der Waals surface area (Å²) in [6, 6.07) is 1.28. The fraction of sp³-hybridized carbons (Fsp3) is 0.235. The molecule has 25 heavy (non-hydrogen) atoms. The molecule has 2 aromatic rings. The van der Waals surface area contributed by atoms with Crippen molar-refractivity contribution in [2.75, 3.05) is 14.2 Å². The Balaban J connectivity index is 2.30. The van der Waals surface area contributed by atoms with E-state index in [0.29, 0.717) is 5.56 Å². The van der Waals surface area contributed by atoms with Crippen molar-refractivity contribution in [1.29, 1.82) is 0 Å². The number of hydrogen-bond acceptors (Lipinski definition) is 4. The van der Waals surface area contributed by atoms with Crippen molar-refractivity contribution in [3.05, 3.63) is 59.4 Å². The summed E-state index contributed by atoms with van der Waals surface area (Å²) >= 11 is 0. The molecule has 0 fully saturated rings. The monoisotopic (exact) mass is 349 g/mol. The zero-order chi connectivity index (χ0) is 18.6. The van der Waals surface area contributed by atoms with Gasteiger partial charge in [0.2, 0.25) is 5.91 Å². The van der Waals surface area contributed by atoms with Gasteiger partial charge in [-0.1, -0.05) is 0 Å². The van der Waals surface area contributed by atoms with E-state index in [-0.39, 0.29) is 5.56 Å². The third-order valence-corrected chi connectivity index (χ3v) is 3.56. The molecular formula is C17H17F2N3O3. The average molecular weight is 349 g/mol. The first-order valence-electron chi connectivity index (χ1n) is 7.29. The van der Waals surface area contributed by atoms with E-state index < -0.39 is 29.6 Å². The Morgan fingerprint density at radius 1 is 1.36 bits per heavy atom. The van der Waals surface area contributed by atoms with E-state index >= 15 is 0 Å². The maximum atomic E-state index is 14.1. The van der Waals surface area contributed by atoms with Crippen LogP contribution in [0.4, 0.5) is 8.78 Å². The van der Waals surface area contributed by atoms with Gasteiger partial charge in [0.1, 0.15) is 11.6 Å². The molecule has 8 heteroatoms. The summed E-state index contributed by atoms with van der Waals surface area (Å²) < 4.78 is 33.7. The lowest BCUT2D eigenvalue weighted by atomic mass is 10.0. The highest BCUT2D eigenvalue weighted by Gasteiger charge is 2.31. The minimum atomic E-state index is -1.41. The smallest absolute Gasteiger partial charge is 0.333 e. The molecular weight excluding hydrogens is 332 g/mol. The van der Waals surface area contributed by atoms with Gasteiger partial charge in [-0.25, -0.2) is 13.6 Å². The Labute approximate surface area is 143 Å². The molecule has 1 heterocycles. The number of carbonyl (C=O) groups is 2. The summed E-state index contributed by atoms with van der Waals surface area (Å²) in [4.78, 5) is 25.4. The fourth-order valence-corrected chi connectivity index (χ4v) is 2.27. The highest BCUT2D eigenvalue weighted by Crippen LogP contribution is 2.25. The van der Waals surface area contributed by atoms with Crippen LogP contribution in [0.15, 0.2) is 36.7 Å². The Bertz CT molecular complexity index is 817. The number of esters is 1. The van der Waals surface area contributed by atoms with Gasteiger partial charge >= 0.3 is 5.97 Å². The van der Waals surface area contributed by atoms with Crippen molar-refractivity contribution in [1.82, 2.24) is 14.7 Å². The van der Waals surface area contributed by atoms with Crippen LogP contribution in [0.3, 0.4) is 0 Å². The molecule has 0 spiro atoms. The molecule has 0 radical (unpaired) electrons. The molecule has 132 valence electrons. The van der Waals surface area contributed by atoms with Gasteiger partial charge in [0, 0.05) is 37.5 Å². The maximum Gasteiger partial charge on any atom is 0.333 e. The molecule has 0 saturated carbocycles. The summed E-state index contributed by atoms with van der Waals surface area (Å²) in [5, 5.41) is 3.96. The Morgan fingerprint density at radius 3 is 2.68 bits per heavy atom. The average Bonchev–Trinajstić information content (AvgIpc) is 3.01. The van der Waals surface area contributed by atoms with Crippen LogP contribution in [-0.4, -0.2) is 40.7 Å². The molecule has 0 aliphatic rings. The first kappa shape index (κ1) is 18.3. The quantitative estimate of drug-likeness (QED) is 0.612. The number of carbonyl (C=O) groups excluding carboxylic acids is 2. The van der Waals surface area contributed by atoms with E-state index in [1.165, 1.54) is 19.2 Å². The molecule has 0 unspecified atom stereocenters. The molecule has 1 aromatic heterocycles. The zero-order valence-corrected chi connectivity index (χ0v) is 13.9. The third kappa shape index (κ3) is 4.28. The Hall–Kier alpha value is -3.03. The minimum absolute atomic E-state index is 0.280. The van der Waals surface area contributed by atoms with Crippen molar-refractivity contribution in [3.63, 3.8) is 0 Å². The SMILES string of the molecule is COC(=O)[C@@H](c1cc(F)ccc1F)N(C)C(=O)/C=C/c1cnn(C)c1. The normalized spacial score (nSPS) is 12.2. The number of methoxy groups -OCH3 is 1. The zero-order valence-electron chi connectivity index (χ0n) is 13.9. The molecule has 1 amide bonds. The number of likely N-dealkylation sites (N-methyl/N-ethyl adjacent to an activating group) is 1. The molecule has 0 N–H and O–H groups in total. The summed E-state index contributed by atoms with van der Waals surface area (Å²) in [6.45, 7) is 0. The summed E-state index contributed by atoms with van der Waals surface area (Å²) in [5.74, 6) is -3.00. The molecule has 0 aliphatic heterocycles. The van der Waals surface area contributed by atoms with E-state index in [1.807, 2.05) is 0 Å². The predicted octanol–water partition coefficient (Wildman–Crippen LogP) is 2.08.